The quantitative estimate of drug-likeness (QED) is 0.417. The third kappa shape index (κ3) is 7.48. The molecule has 2 fully saturated rings. The van der Waals surface area contributed by atoms with E-state index in [4.69, 9.17) is 21.1 Å². The highest BCUT2D eigenvalue weighted by Gasteiger charge is 2.43. The normalized spacial score (nSPS) is 20.8. The molecule has 37 heavy (non-hydrogen) atoms. The van der Waals surface area contributed by atoms with Crippen LogP contribution < -0.4 is 4.74 Å². The Hall–Kier alpha value is -2.57. The van der Waals surface area contributed by atoms with Crippen molar-refractivity contribution in [2.75, 3.05) is 33.4 Å². The Bertz CT molecular complexity index is 1050. The highest BCUT2D eigenvalue weighted by atomic mass is 35.5. The lowest BCUT2D eigenvalue weighted by Crippen LogP contribution is -2.59. The summed E-state index contributed by atoms with van der Waals surface area (Å²) in [6, 6.07) is 15.4. The summed E-state index contributed by atoms with van der Waals surface area (Å²) in [7, 11) is 1.81. The zero-order valence-electron chi connectivity index (χ0n) is 22.1. The Balaban J connectivity index is 1.50. The SMILES string of the molecule is Cc1cc(OC[C@]2(CC(=O)N(C)Cc3ccccc3)CN(C(=O)C3CCCCCC3)CCO2)ccc1Cl. The summed E-state index contributed by atoms with van der Waals surface area (Å²) in [5.74, 6) is 0.891. The molecule has 0 aromatic heterocycles. The number of morpholine rings is 1. The lowest BCUT2D eigenvalue weighted by molar-refractivity contribution is -0.168. The van der Waals surface area contributed by atoms with Crippen LogP contribution in [0.5, 0.6) is 5.75 Å². The molecule has 1 aliphatic carbocycles. The van der Waals surface area contributed by atoms with E-state index in [2.05, 4.69) is 0 Å². The van der Waals surface area contributed by atoms with E-state index in [1.807, 2.05) is 61.3 Å². The van der Waals surface area contributed by atoms with Gasteiger partial charge in [-0.15, -0.1) is 0 Å². The summed E-state index contributed by atoms with van der Waals surface area (Å²) in [6.07, 6.45) is 6.64. The van der Waals surface area contributed by atoms with Gasteiger partial charge in [-0.3, -0.25) is 9.59 Å². The Labute approximate surface area is 225 Å². The molecular weight excluding hydrogens is 488 g/mol. The van der Waals surface area contributed by atoms with E-state index in [9.17, 15) is 9.59 Å². The number of hydrogen-bond acceptors (Lipinski definition) is 4. The predicted molar refractivity (Wildman–Crippen MR) is 146 cm³/mol. The maximum absolute atomic E-state index is 13.5. The van der Waals surface area contributed by atoms with Crippen molar-refractivity contribution in [1.82, 2.24) is 9.80 Å². The summed E-state index contributed by atoms with van der Waals surface area (Å²) < 4.78 is 12.5. The van der Waals surface area contributed by atoms with Crippen LogP contribution in [0.2, 0.25) is 5.02 Å². The predicted octanol–water partition coefficient (Wildman–Crippen LogP) is 5.64. The molecule has 2 aromatic rings. The van der Waals surface area contributed by atoms with Crippen LogP contribution in [-0.2, 0) is 20.9 Å². The smallest absolute Gasteiger partial charge is 0.225 e. The number of rotatable bonds is 8. The van der Waals surface area contributed by atoms with Gasteiger partial charge in [-0.25, -0.2) is 0 Å². The first-order valence-corrected chi connectivity index (χ1v) is 13.8. The van der Waals surface area contributed by atoms with E-state index in [1.54, 1.807) is 11.0 Å². The third-order valence-electron chi connectivity index (χ3n) is 7.56. The molecule has 1 saturated carbocycles. The molecule has 1 atom stereocenters. The molecule has 7 heteroatoms. The second-order valence-corrected chi connectivity index (χ2v) is 11.0. The number of ether oxygens (including phenoxy) is 2. The van der Waals surface area contributed by atoms with Crippen LogP contribution in [0, 0.1) is 12.8 Å². The standard InChI is InChI=1S/C30H39ClN2O4/c1-23-18-26(14-15-27(23)31)36-22-30(19-28(34)32(2)20-24-10-6-5-7-11-24)21-33(16-17-37-30)29(35)25-12-8-3-4-9-13-25/h5-7,10-11,14-15,18,25H,3-4,8-9,12-13,16-17,19-22H2,1-2H3/t30-/m0/s1. The minimum atomic E-state index is -0.922. The van der Waals surface area contributed by atoms with Crippen molar-refractivity contribution in [2.45, 2.75) is 64.0 Å². The number of amides is 2. The minimum absolute atomic E-state index is 0.0384. The van der Waals surface area contributed by atoms with Gasteiger partial charge in [-0.1, -0.05) is 67.6 Å². The van der Waals surface area contributed by atoms with Crippen LogP contribution in [0.1, 0.15) is 56.1 Å². The number of aryl methyl sites for hydroxylation is 1. The fraction of sp³-hybridized carbons (Fsp3) is 0.533. The summed E-state index contributed by atoms with van der Waals surface area (Å²) in [5.41, 5.74) is 1.06. The maximum atomic E-state index is 13.5. The average molecular weight is 527 g/mol. The second-order valence-electron chi connectivity index (χ2n) is 10.6. The van der Waals surface area contributed by atoms with Crippen molar-refractivity contribution in [3.05, 3.63) is 64.7 Å². The lowest BCUT2D eigenvalue weighted by atomic mass is 9.93. The fourth-order valence-corrected chi connectivity index (χ4v) is 5.46. The number of carbonyl (C=O) groups excluding carboxylic acids is 2. The lowest BCUT2D eigenvalue weighted by Gasteiger charge is -2.43. The van der Waals surface area contributed by atoms with Crippen LogP contribution in [0.25, 0.3) is 0 Å². The van der Waals surface area contributed by atoms with E-state index in [0.29, 0.717) is 37.0 Å². The zero-order valence-corrected chi connectivity index (χ0v) is 22.8. The fourth-order valence-electron chi connectivity index (χ4n) is 5.34. The minimum Gasteiger partial charge on any atom is -0.490 e. The third-order valence-corrected chi connectivity index (χ3v) is 7.98. The highest BCUT2D eigenvalue weighted by molar-refractivity contribution is 6.31. The number of benzene rings is 2. The van der Waals surface area contributed by atoms with Crippen LogP contribution >= 0.6 is 11.6 Å². The van der Waals surface area contributed by atoms with Gasteiger partial charge in [-0.2, -0.15) is 0 Å². The van der Waals surface area contributed by atoms with Crippen molar-refractivity contribution >= 4 is 23.4 Å². The molecule has 4 rings (SSSR count). The Morgan fingerprint density at radius 3 is 2.54 bits per heavy atom. The molecule has 0 unspecified atom stereocenters. The van der Waals surface area contributed by atoms with Gasteiger partial charge < -0.3 is 19.3 Å². The van der Waals surface area contributed by atoms with Crippen molar-refractivity contribution < 1.29 is 19.1 Å². The molecule has 0 N–H and O–H groups in total. The molecule has 0 radical (unpaired) electrons. The Morgan fingerprint density at radius 2 is 1.84 bits per heavy atom. The summed E-state index contributed by atoms with van der Waals surface area (Å²) >= 11 is 6.19. The van der Waals surface area contributed by atoms with Crippen LogP contribution in [-0.4, -0.2) is 60.6 Å². The van der Waals surface area contributed by atoms with Crippen LogP contribution in [0.15, 0.2) is 48.5 Å². The summed E-state index contributed by atoms with van der Waals surface area (Å²) in [6.45, 7) is 3.89. The number of halogens is 1. The molecule has 6 nitrogen and oxygen atoms in total. The van der Waals surface area contributed by atoms with E-state index in [0.717, 1.165) is 36.8 Å². The van der Waals surface area contributed by atoms with Gasteiger partial charge in [0.05, 0.1) is 19.6 Å². The molecule has 2 amide bonds. The van der Waals surface area contributed by atoms with Crippen molar-refractivity contribution in [3.8, 4) is 5.75 Å². The first-order chi connectivity index (χ1) is 17.8. The Kier molecular flexibility index (Phi) is 9.49. The van der Waals surface area contributed by atoms with Gasteiger partial charge in [0.25, 0.3) is 0 Å². The first kappa shape index (κ1) is 27.5. The Morgan fingerprint density at radius 1 is 1.11 bits per heavy atom. The number of nitrogens with zero attached hydrogens (tertiary/aromatic N) is 2. The molecule has 200 valence electrons. The zero-order chi connectivity index (χ0) is 26.3. The highest BCUT2D eigenvalue weighted by Crippen LogP contribution is 2.30. The second kappa shape index (κ2) is 12.8. The van der Waals surface area contributed by atoms with Crippen molar-refractivity contribution in [2.24, 2.45) is 5.92 Å². The van der Waals surface area contributed by atoms with Gasteiger partial charge in [0.2, 0.25) is 11.8 Å². The van der Waals surface area contributed by atoms with Gasteiger partial charge in [0.15, 0.2) is 0 Å². The maximum Gasteiger partial charge on any atom is 0.225 e. The number of hydrogen-bond donors (Lipinski definition) is 0. The monoisotopic (exact) mass is 526 g/mol. The molecule has 1 saturated heterocycles. The topological polar surface area (TPSA) is 59.1 Å². The number of carbonyl (C=O) groups is 2. The van der Waals surface area contributed by atoms with Crippen molar-refractivity contribution in [3.63, 3.8) is 0 Å². The molecule has 1 heterocycles. The van der Waals surface area contributed by atoms with Gasteiger partial charge in [0, 0.05) is 31.1 Å². The molecule has 0 spiro atoms. The van der Waals surface area contributed by atoms with Gasteiger partial charge in [-0.05, 0) is 49.1 Å². The molecule has 1 aliphatic heterocycles. The van der Waals surface area contributed by atoms with E-state index >= 15 is 0 Å². The first-order valence-electron chi connectivity index (χ1n) is 13.4. The molecule has 2 aliphatic rings. The van der Waals surface area contributed by atoms with Gasteiger partial charge >= 0.3 is 0 Å². The molecule has 0 bridgehead atoms. The van der Waals surface area contributed by atoms with E-state index < -0.39 is 5.60 Å². The summed E-state index contributed by atoms with van der Waals surface area (Å²) in [4.78, 5) is 30.6. The van der Waals surface area contributed by atoms with E-state index in [-0.39, 0.29) is 30.8 Å². The molecular formula is C30H39ClN2O4. The molecule has 2 aromatic carbocycles. The average Bonchev–Trinajstić information content (AvgIpc) is 3.19. The van der Waals surface area contributed by atoms with Crippen LogP contribution in [0.3, 0.4) is 0 Å². The summed E-state index contributed by atoms with van der Waals surface area (Å²) in [5, 5.41) is 0.675. The van der Waals surface area contributed by atoms with E-state index in [1.165, 1.54) is 12.8 Å². The van der Waals surface area contributed by atoms with Crippen molar-refractivity contribution in [1.29, 1.82) is 0 Å². The van der Waals surface area contributed by atoms with Crippen LogP contribution in [0.4, 0.5) is 0 Å². The largest absolute Gasteiger partial charge is 0.490 e. The van der Waals surface area contributed by atoms with Gasteiger partial charge in [0.1, 0.15) is 18.0 Å².